The molecular weight excluding hydrogens is 354 g/mol. The molecule has 1 aliphatic rings. The third kappa shape index (κ3) is 4.40. The number of likely N-dealkylation sites (tertiary alicyclic amines) is 1. The number of hydrogen-bond acceptors (Lipinski definition) is 4. The predicted molar refractivity (Wildman–Crippen MR) is 107 cm³/mol. The third-order valence-corrected chi connectivity index (χ3v) is 5.48. The average Bonchev–Trinajstić information content (AvgIpc) is 3.23. The number of piperidine rings is 1. The number of carbonyl (C=O) groups excluding carboxylic acids is 2. The van der Waals surface area contributed by atoms with Gasteiger partial charge in [-0.05, 0) is 57.2 Å². The summed E-state index contributed by atoms with van der Waals surface area (Å²) in [6.07, 6.45) is 9.12. The summed E-state index contributed by atoms with van der Waals surface area (Å²) in [7, 11) is 0. The normalized spacial score (nSPS) is 16.8. The summed E-state index contributed by atoms with van der Waals surface area (Å²) in [5.41, 5.74) is 2.47. The SMILES string of the molecule is CCN(CC)C(=O)c1cn[nH]c1[C@H]1CCCCN1C(=O)CCc1ccncc1. The zero-order valence-corrected chi connectivity index (χ0v) is 16.7. The number of aromatic amines is 1. The van der Waals surface area contributed by atoms with E-state index in [9.17, 15) is 9.59 Å². The van der Waals surface area contributed by atoms with Crippen molar-refractivity contribution in [3.05, 3.63) is 47.5 Å². The second-order valence-corrected chi connectivity index (χ2v) is 7.13. The van der Waals surface area contributed by atoms with Crippen molar-refractivity contribution in [2.24, 2.45) is 0 Å². The van der Waals surface area contributed by atoms with E-state index in [4.69, 9.17) is 0 Å². The van der Waals surface area contributed by atoms with Crippen LogP contribution in [0.3, 0.4) is 0 Å². The maximum absolute atomic E-state index is 13.0. The molecule has 0 aromatic carbocycles. The monoisotopic (exact) mass is 383 g/mol. The smallest absolute Gasteiger partial charge is 0.257 e. The fraction of sp³-hybridized carbons (Fsp3) is 0.524. The number of nitrogens with zero attached hydrogens (tertiary/aromatic N) is 4. The van der Waals surface area contributed by atoms with Crippen molar-refractivity contribution in [1.29, 1.82) is 0 Å². The lowest BCUT2D eigenvalue weighted by Gasteiger charge is -2.36. The number of carbonyl (C=O) groups is 2. The van der Waals surface area contributed by atoms with Gasteiger partial charge in [-0.15, -0.1) is 0 Å². The van der Waals surface area contributed by atoms with E-state index in [0.29, 0.717) is 31.5 Å². The van der Waals surface area contributed by atoms with Crippen molar-refractivity contribution in [2.45, 2.75) is 52.0 Å². The van der Waals surface area contributed by atoms with Crippen LogP contribution in [-0.2, 0) is 11.2 Å². The van der Waals surface area contributed by atoms with Crippen LogP contribution in [0.1, 0.15) is 67.2 Å². The van der Waals surface area contributed by atoms with E-state index in [2.05, 4.69) is 15.2 Å². The number of H-pyrrole nitrogens is 1. The second-order valence-electron chi connectivity index (χ2n) is 7.13. The van der Waals surface area contributed by atoms with Gasteiger partial charge in [-0.1, -0.05) is 0 Å². The van der Waals surface area contributed by atoms with Gasteiger partial charge < -0.3 is 9.80 Å². The van der Waals surface area contributed by atoms with Crippen LogP contribution in [0.25, 0.3) is 0 Å². The van der Waals surface area contributed by atoms with Gasteiger partial charge in [0.15, 0.2) is 0 Å². The van der Waals surface area contributed by atoms with E-state index in [-0.39, 0.29) is 17.9 Å². The minimum Gasteiger partial charge on any atom is -0.339 e. The molecule has 28 heavy (non-hydrogen) atoms. The van der Waals surface area contributed by atoms with Crippen LogP contribution in [0, 0.1) is 0 Å². The van der Waals surface area contributed by atoms with Gasteiger partial charge in [-0.3, -0.25) is 19.7 Å². The first kappa shape index (κ1) is 20.0. The Morgan fingerprint density at radius 2 is 1.96 bits per heavy atom. The van der Waals surface area contributed by atoms with Crippen LogP contribution in [0.4, 0.5) is 0 Å². The Labute approximate surface area is 166 Å². The van der Waals surface area contributed by atoms with Gasteiger partial charge in [0.05, 0.1) is 23.5 Å². The van der Waals surface area contributed by atoms with Crippen molar-refractivity contribution >= 4 is 11.8 Å². The van der Waals surface area contributed by atoms with E-state index in [1.807, 2.05) is 30.9 Å². The van der Waals surface area contributed by atoms with Crippen molar-refractivity contribution in [2.75, 3.05) is 19.6 Å². The van der Waals surface area contributed by atoms with Gasteiger partial charge in [0.1, 0.15) is 0 Å². The number of aromatic nitrogens is 3. The fourth-order valence-electron chi connectivity index (χ4n) is 3.88. The van der Waals surface area contributed by atoms with Crippen LogP contribution in [0.5, 0.6) is 0 Å². The number of hydrogen-bond donors (Lipinski definition) is 1. The van der Waals surface area contributed by atoms with Crippen molar-refractivity contribution in [1.82, 2.24) is 25.0 Å². The molecule has 0 unspecified atom stereocenters. The Balaban J connectivity index is 1.76. The zero-order valence-electron chi connectivity index (χ0n) is 16.7. The molecule has 1 saturated heterocycles. The van der Waals surface area contributed by atoms with E-state index in [0.717, 1.165) is 37.1 Å². The molecular formula is C21H29N5O2. The third-order valence-electron chi connectivity index (χ3n) is 5.48. The summed E-state index contributed by atoms with van der Waals surface area (Å²) in [5, 5.41) is 7.16. The second kappa shape index (κ2) is 9.48. The molecule has 7 nitrogen and oxygen atoms in total. The van der Waals surface area contributed by atoms with E-state index < -0.39 is 0 Å². The molecule has 2 amide bonds. The Kier molecular flexibility index (Phi) is 6.79. The number of amides is 2. The zero-order chi connectivity index (χ0) is 19.9. The molecule has 0 saturated carbocycles. The Morgan fingerprint density at radius 3 is 2.68 bits per heavy atom. The van der Waals surface area contributed by atoms with Crippen LogP contribution < -0.4 is 0 Å². The minimum atomic E-state index is -0.115. The number of rotatable bonds is 7. The summed E-state index contributed by atoms with van der Waals surface area (Å²) >= 11 is 0. The lowest BCUT2D eigenvalue weighted by molar-refractivity contribution is -0.135. The lowest BCUT2D eigenvalue weighted by atomic mass is 9.95. The molecule has 2 aromatic rings. The topological polar surface area (TPSA) is 82.2 Å². The van der Waals surface area contributed by atoms with Crippen molar-refractivity contribution in [3.63, 3.8) is 0 Å². The Hall–Kier alpha value is -2.70. The van der Waals surface area contributed by atoms with Gasteiger partial charge in [0.25, 0.3) is 5.91 Å². The molecule has 3 rings (SSSR count). The summed E-state index contributed by atoms with van der Waals surface area (Å²) < 4.78 is 0. The molecule has 7 heteroatoms. The van der Waals surface area contributed by atoms with Crippen LogP contribution >= 0.6 is 0 Å². The van der Waals surface area contributed by atoms with Gasteiger partial charge in [-0.25, -0.2) is 0 Å². The molecule has 3 heterocycles. The number of aryl methyl sites for hydroxylation is 1. The van der Waals surface area contributed by atoms with E-state index >= 15 is 0 Å². The summed E-state index contributed by atoms with van der Waals surface area (Å²) in [4.78, 5) is 33.6. The van der Waals surface area contributed by atoms with E-state index in [1.54, 1.807) is 23.5 Å². The van der Waals surface area contributed by atoms with Gasteiger partial charge in [0, 0.05) is 38.4 Å². The maximum atomic E-state index is 13.0. The van der Waals surface area contributed by atoms with Gasteiger partial charge in [0.2, 0.25) is 5.91 Å². The Morgan fingerprint density at radius 1 is 1.21 bits per heavy atom. The highest BCUT2D eigenvalue weighted by atomic mass is 16.2. The molecule has 1 atom stereocenters. The lowest BCUT2D eigenvalue weighted by Crippen LogP contribution is -2.40. The minimum absolute atomic E-state index is 0.0245. The van der Waals surface area contributed by atoms with Crippen LogP contribution in [0.15, 0.2) is 30.7 Å². The number of pyridine rings is 1. The first-order valence-electron chi connectivity index (χ1n) is 10.2. The highest BCUT2D eigenvalue weighted by Gasteiger charge is 2.32. The predicted octanol–water partition coefficient (Wildman–Crippen LogP) is 2.97. The largest absolute Gasteiger partial charge is 0.339 e. The molecule has 0 aliphatic carbocycles. The van der Waals surface area contributed by atoms with Crippen molar-refractivity contribution in [3.8, 4) is 0 Å². The van der Waals surface area contributed by atoms with Crippen molar-refractivity contribution < 1.29 is 9.59 Å². The summed E-state index contributed by atoms with van der Waals surface area (Å²) in [6.45, 7) is 5.96. The molecule has 150 valence electrons. The fourth-order valence-corrected chi connectivity index (χ4v) is 3.88. The molecule has 1 fully saturated rings. The molecule has 0 bridgehead atoms. The summed E-state index contributed by atoms with van der Waals surface area (Å²) in [6, 6.07) is 3.77. The molecule has 0 radical (unpaired) electrons. The van der Waals surface area contributed by atoms with Gasteiger partial charge >= 0.3 is 0 Å². The first-order valence-corrected chi connectivity index (χ1v) is 10.2. The average molecular weight is 383 g/mol. The highest BCUT2D eigenvalue weighted by Crippen LogP contribution is 2.32. The number of nitrogens with one attached hydrogen (secondary N) is 1. The van der Waals surface area contributed by atoms with E-state index in [1.165, 1.54) is 0 Å². The molecule has 1 aliphatic heterocycles. The molecule has 2 aromatic heterocycles. The first-order chi connectivity index (χ1) is 13.7. The van der Waals surface area contributed by atoms with Crippen LogP contribution in [-0.4, -0.2) is 56.4 Å². The Bertz CT molecular complexity index is 785. The van der Waals surface area contributed by atoms with Gasteiger partial charge in [-0.2, -0.15) is 5.10 Å². The molecule has 1 N–H and O–H groups in total. The maximum Gasteiger partial charge on any atom is 0.257 e. The van der Waals surface area contributed by atoms with Crippen LogP contribution in [0.2, 0.25) is 0 Å². The molecule has 0 spiro atoms. The quantitative estimate of drug-likeness (QED) is 0.797. The standard InChI is InChI=1S/C21H29N5O2/c1-3-25(4-2)21(28)17-15-23-24-20(17)18-7-5-6-14-26(18)19(27)9-8-16-10-12-22-13-11-16/h10-13,15,18H,3-9,14H2,1-2H3,(H,23,24)/t18-/m1/s1. The summed E-state index contributed by atoms with van der Waals surface area (Å²) in [5.74, 6) is 0.0980. The highest BCUT2D eigenvalue weighted by molar-refractivity contribution is 5.95.